The van der Waals surface area contributed by atoms with Gasteiger partial charge in [0.2, 0.25) is 5.91 Å². The predicted molar refractivity (Wildman–Crippen MR) is 88.8 cm³/mol. The summed E-state index contributed by atoms with van der Waals surface area (Å²) in [5.74, 6) is -0.637. The van der Waals surface area contributed by atoms with Gasteiger partial charge in [0.05, 0.1) is 17.9 Å². The van der Waals surface area contributed by atoms with E-state index in [1.807, 2.05) is 26.0 Å². The first-order valence-corrected chi connectivity index (χ1v) is 7.57. The minimum Gasteiger partial charge on any atom is -0.460 e. The molecule has 1 aromatic carbocycles. The summed E-state index contributed by atoms with van der Waals surface area (Å²) in [6.07, 6.45) is 0.114. The molecule has 23 heavy (non-hydrogen) atoms. The smallest absolute Gasteiger partial charge is 0.306 e. The second kappa shape index (κ2) is 7.28. The van der Waals surface area contributed by atoms with E-state index >= 15 is 0 Å². The number of carbonyl (C=O) groups excluding carboxylic acids is 2. The summed E-state index contributed by atoms with van der Waals surface area (Å²) < 4.78 is 5.15. The average Bonchev–Trinajstić information content (AvgIpc) is 2.44. The number of hydrogen-bond acceptors (Lipinski definition) is 4. The molecule has 0 radical (unpaired) electrons. The Labute approximate surface area is 137 Å². The van der Waals surface area contributed by atoms with E-state index in [1.54, 1.807) is 32.9 Å². The molecule has 5 heteroatoms. The van der Waals surface area contributed by atoms with Gasteiger partial charge in [0.15, 0.2) is 0 Å². The lowest BCUT2D eigenvalue weighted by Gasteiger charge is -2.19. The van der Waals surface area contributed by atoms with Crippen molar-refractivity contribution in [1.82, 2.24) is 0 Å². The highest BCUT2D eigenvalue weighted by Gasteiger charge is 2.19. The second-order valence-corrected chi connectivity index (χ2v) is 6.95. The molecule has 0 heterocycles. The van der Waals surface area contributed by atoms with Gasteiger partial charge in [-0.1, -0.05) is 12.1 Å². The van der Waals surface area contributed by atoms with E-state index in [-0.39, 0.29) is 18.7 Å². The van der Waals surface area contributed by atoms with Gasteiger partial charge < -0.3 is 10.1 Å². The first-order chi connectivity index (χ1) is 10.5. The van der Waals surface area contributed by atoms with Crippen LogP contribution in [0.1, 0.15) is 53.0 Å². The third kappa shape index (κ3) is 6.52. The summed E-state index contributed by atoms with van der Waals surface area (Å²) in [5, 5.41) is 11.8. The van der Waals surface area contributed by atoms with Crippen LogP contribution in [0.15, 0.2) is 24.3 Å². The Morgan fingerprint density at radius 1 is 1.09 bits per heavy atom. The number of nitrogens with zero attached hydrogens (tertiary/aromatic N) is 1. The molecule has 0 aliphatic rings. The van der Waals surface area contributed by atoms with Crippen molar-refractivity contribution >= 4 is 17.6 Å². The van der Waals surface area contributed by atoms with E-state index < -0.39 is 17.0 Å². The Morgan fingerprint density at radius 2 is 1.65 bits per heavy atom. The number of rotatable bonds is 5. The molecule has 0 atom stereocenters. The minimum absolute atomic E-state index is 0.0443. The van der Waals surface area contributed by atoms with Gasteiger partial charge >= 0.3 is 5.97 Å². The van der Waals surface area contributed by atoms with Gasteiger partial charge in [0.1, 0.15) is 5.60 Å². The molecule has 1 rings (SSSR count). The third-order valence-corrected chi connectivity index (χ3v) is 3.15. The standard InChI is InChI=1S/C18H24N2O3/c1-17(2,3)23-16(22)11-10-15(21)20-14-8-6-13(7-9-14)18(4,5)12-19/h6-9H,10-11H2,1-5H3,(H,20,21). The van der Waals surface area contributed by atoms with Gasteiger partial charge in [0.25, 0.3) is 0 Å². The first-order valence-electron chi connectivity index (χ1n) is 7.57. The molecule has 0 bridgehead atoms. The van der Waals surface area contributed by atoms with Crippen molar-refractivity contribution in [3.8, 4) is 6.07 Å². The van der Waals surface area contributed by atoms with E-state index in [2.05, 4.69) is 11.4 Å². The minimum atomic E-state index is -0.570. The van der Waals surface area contributed by atoms with Crippen molar-refractivity contribution in [2.24, 2.45) is 0 Å². The molecule has 1 aromatic rings. The third-order valence-electron chi connectivity index (χ3n) is 3.15. The Hall–Kier alpha value is -2.35. The van der Waals surface area contributed by atoms with Crippen molar-refractivity contribution in [3.05, 3.63) is 29.8 Å². The van der Waals surface area contributed by atoms with Crippen molar-refractivity contribution in [2.75, 3.05) is 5.32 Å². The van der Waals surface area contributed by atoms with Crippen LogP contribution in [0, 0.1) is 11.3 Å². The van der Waals surface area contributed by atoms with E-state index in [4.69, 9.17) is 10.00 Å². The molecular weight excluding hydrogens is 292 g/mol. The zero-order valence-electron chi connectivity index (χ0n) is 14.4. The van der Waals surface area contributed by atoms with Crippen LogP contribution in [0.5, 0.6) is 0 Å². The monoisotopic (exact) mass is 316 g/mol. The Kier molecular flexibility index (Phi) is 5.91. The van der Waals surface area contributed by atoms with Gasteiger partial charge in [-0.15, -0.1) is 0 Å². The summed E-state index contributed by atoms with van der Waals surface area (Å²) in [6, 6.07) is 9.35. The maximum absolute atomic E-state index is 11.8. The van der Waals surface area contributed by atoms with E-state index in [1.165, 1.54) is 0 Å². The molecule has 1 N–H and O–H groups in total. The number of nitriles is 1. The highest BCUT2D eigenvalue weighted by Crippen LogP contribution is 2.23. The number of ether oxygens (including phenoxy) is 1. The van der Waals surface area contributed by atoms with Crippen LogP contribution in [0.3, 0.4) is 0 Å². The largest absolute Gasteiger partial charge is 0.460 e. The Balaban J connectivity index is 2.53. The van der Waals surface area contributed by atoms with Crippen LogP contribution in [0.2, 0.25) is 0 Å². The molecule has 0 aliphatic carbocycles. The fourth-order valence-corrected chi connectivity index (χ4v) is 1.87. The van der Waals surface area contributed by atoms with Crippen LogP contribution in [0.4, 0.5) is 5.69 Å². The topological polar surface area (TPSA) is 79.2 Å². The quantitative estimate of drug-likeness (QED) is 0.843. The summed E-state index contributed by atoms with van der Waals surface area (Å²) in [5.41, 5.74) is 0.402. The van der Waals surface area contributed by atoms with Gasteiger partial charge in [-0.25, -0.2) is 0 Å². The molecule has 0 aliphatic heterocycles. The second-order valence-electron chi connectivity index (χ2n) is 6.95. The number of hydrogen-bond donors (Lipinski definition) is 1. The van der Waals surface area contributed by atoms with Crippen LogP contribution >= 0.6 is 0 Å². The van der Waals surface area contributed by atoms with Crippen LogP contribution in [-0.4, -0.2) is 17.5 Å². The molecule has 1 amide bonds. The maximum Gasteiger partial charge on any atom is 0.306 e. The molecular formula is C18H24N2O3. The number of amides is 1. The summed E-state index contributed by atoms with van der Waals surface area (Å²) in [4.78, 5) is 23.4. The number of carbonyl (C=O) groups is 2. The zero-order valence-corrected chi connectivity index (χ0v) is 14.4. The van der Waals surface area contributed by atoms with Gasteiger partial charge in [-0.3, -0.25) is 9.59 Å². The highest BCUT2D eigenvalue weighted by molar-refractivity contribution is 5.92. The van der Waals surface area contributed by atoms with E-state index in [0.29, 0.717) is 5.69 Å². The molecule has 0 spiro atoms. The zero-order chi connectivity index (χ0) is 17.7. The lowest BCUT2D eigenvalue weighted by Crippen LogP contribution is -2.24. The SMILES string of the molecule is CC(C)(C)OC(=O)CCC(=O)Nc1ccc(C(C)(C)C#N)cc1. The molecule has 0 saturated heterocycles. The summed E-state index contributed by atoms with van der Waals surface area (Å²) in [7, 11) is 0. The Morgan fingerprint density at radius 3 is 2.13 bits per heavy atom. The first kappa shape index (κ1) is 18.7. The molecule has 0 unspecified atom stereocenters. The van der Waals surface area contributed by atoms with E-state index in [0.717, 1.165) is 5.56 Å². The normalized spacial score (nSPS) is 11.5. The summed E-state index contributed by atoms with van der Waals surface area (Å²) in [6.45, 7) is 9.03. The fourth-order valence-electron chi connectivity index (χ4n) is 1.87. The molecule has 124 valence electrons. The van der Waals surface area contributed by atoms with Crippen molar-refractivity contribution in [1.29, 1.82) is 5.26 Å². The average molecular weight is 316 g/mol. The van der Waals surface area contributed by atoms with Gasteiger partial charge in [-0.05, 0) is 52.3 Å². The van der Waals surface area contributed by atoms with Crippen LogP contribution < -0.4 is 5.32 Å². The van der Waals surface area contributed by atoms with Crippen molar-refractivity contribution in [3.63, 3.8) is 0 Å². The van der Waals surface area contributed by atoms with E-state index in [9.17, 15) is 9.59 Å². The fraction of sp³-hybridized carbons (Fsp3) is 0.500. The molecule has 0 aromatic heterocycles. The number of benzene rings is 1. The predicted octanol–water partition coefficient (Wildman–Crippen LogP) is 3.55. The summed E-state index contributed by atoms with van der Waals surface area (Å²) >= 11 is 0. The molecule has 0 fully saturated rings. The lowest BCUT2D eigenvalue weighted by molar-refractivity contribution is -0.155. The number of anilines is 1. The molecule has 0 saturated carbocycles. The van der Waals surface area contributed by atoms with Gasteiger partial charge in [0, 0.05) is 12.1 Å². The van der Waals surface area contributed by atoms with Crippen LogP contribution in [-0.2, 0) is 19.7 Å². The Bertz CT molecular complexity index is 605. The lowest BCUT2D eigenvalue weighted by atomic mass is 9.86. The number of esters is 1. The van der Waals surface area contributed by atoms with Crippen molar-refractivity contribution < 1.29 is 14.3 Å². The van der Waals surface area contributed by atoms with Crippen molar-refractivity contribution in [2.45, 2.75) is 58.5 Å². The van der Waals surface area contributed by atoms with Gasteiger partial charge in [-0.2, -0.15) is 5.26 Å². The van der Waals surface area contributed by atoms with Crippen LogP contribution in [0.25, 0.3) is 0 Å². The maximum atomic E-state index is 11.8. The highest BCUT2D eigenvalue weighted by atomic mass is 16.6. The number of nitrogens with one attached hydrogen (secondary N) is 1. The molecule has 5 nitrogen and oxygen atoms in total.